The highest BCUT2D eigenvalue weighted by atomic mass is 16.6. The Morgan fingerprint density at radius 1 is 1.31 bits per heavy atom. The van der Waals surface area contributed by atoms with Crippen LogP contribution in [0.4, 0.5) is 10.6 Å². The van der Waals surface area contributed by atoms with Crippen LogP contribution >= 0.6 is 0 Å². The molecule has 2 fully saturated rings. The van der Waals surface area contributed by atoms with Crippen LogP contribution in [0, 0.1) is 11.8 Å². The Morgan fingerprint density at radius 2 is 2.08 bits per heavy atom. The summed E-state index contributed by atoms with van der Waals surface area (Å²) in [5.41, 5.74) is 6.49. The van der Waals surface area contributed by atoms with Crippen molar-refractivity contribution >= 4 is 29.0 Å². The largest absolute Gasteiger partial charge is 0.453 e. The molecule has 2 aromatic rings. The number of carbonyl (C=O) groups is 2. The van der Waals surface area contributed by atoms with Gasteiger partial charge >= 0.3 is 6.09 Å². The topological polar surface area (TPSA) is 187 Å². The van der Waals surface area contributed by atoms with Gasteiger partial charge in [0.15, 0.2) is 23.8 Å². The summed E-state index contributed by atoms with van der Waals surface area (Å²) in [6, 6.07) is 0.0716. The number of nitrogen functional groups attached to an aromatic ring is 1. The summed E-state index contributed by atoms with van der Waals surface area (Å²) in [5.74, 6) is 5.21. The molecule has 36 heavy (non-hydrogen) atoms. The maximum atomic E-state index is 12.4. The number of carbonyl (C=O) groups excluding carboxylic acids is 2. The van der Waals surface area contributed by atoms with Gasteiger partial charge in [-0.2, -0.15) is 0 Å². The summed E-state index contributed by atoms with van der Waals surface area (Å²) >= 11 is 0. The van der Waals surface area contributed by atoms with E-state index in [1.807, 2.05) is 0 Å². The molecule has 0 bridgehead atoms. The second kappa shape index (κ2) is 11.0. The lowest BCUT2D eigenvalue weighted by molar-refractivity contribution is -0.137. The fraction of sp³-hybridized carbons (Fsp3) is 0.591. The second-order valence-electron chi connectivity index (χ2n) is 8.51. The van der Waals surface area contributed by atoms with Crippen molar-refractivity contribution in [3.05, 3.63) is 12.2 Å². The average molecular weight is 504 g/mol. The summed E-state index contributed by atoms with van der Waals surface area (Å²) in [5, 5.41) is 23.8. The van der Waals surface area contributed by atoms with Gasteiger partial charge in [-0.05, 0) is 25.2 Å². The molecule has 2 aromatic heterocycles. The Bertz CT molecular complexity index is 1170. The van der Waals surface area contributed by atoms with Gasteiger partial charge in [0.1, 0.15) is 17.7 Å². The summed E-state index contributed by atoms with van der Waals surface area (Å²) < 4.78 is 16.9. The molecule has 1 aliphatic carbocycles. The molecule has 0 spiro atoms. The van der Waals surface area contributed by atoms with Crippen molar-refractivity contribution in [1.82, 2.24) is 29.7 Å². The third-order valence-corrected chi connectivity index (χ3v) is 5.82. The van der Waals surface area contributed by atoms with Crippen molar-refractivity contribution < 1.29 is 34.0 Å². The van der Waals surface area contributed by atoms with Crippen molar-refractivity contribution in [2.75, 3.05) is 39.6 Å². The van der Waals surface area contributed by atoms with E-state index in [1.165, 1.54) is 22.9 Å². The molecule has 4 atom stereocenters. The van der Waals surface area contributed by atoms with E-state index >= 15 is 0 Å². The number of fused-ring (bicyclic) bond motifs is 1. The Kier molecular flexibility index (Phi) is 7.85. The number of aliphatic hydroxyl groups is 2. The first kappa shape index (κ1) is 25.6. The number of nitrogens with zero attached hydrogens (tertiary/aromatic N) is 5. The van der Waals surface area contributed by atoms with E-state index in [9.17, 15) is 19.8 Å². The smallest absolute Gasteiger partial charge is 0.410 e. The van der Waals surface area contributed by atoms with E-state index in [2.05, 4.69) is 32.1 Å². The zero-order valence-electron chi connectivity index (χ0n) is 20.0. The number of hydrogen-bond acceptors (Lipinski definition) is 11. The number of aliphatic hydroxyl groups excluding tert-OH is 2. The highest BCUT2D eigenvalue weighted by molar-refractivity contribution is 5.83. The van der Waals surface area contributed by atoms with Crippen LogP contribution in [0.3, 0.4) is 0 Å². The fourth-order valence-corrected chi connectivity index (χ4v) is 3.78. The molecule has 1 unspecified atom stereocenters. The third kappa shape index (κ3) is 5.49. The van der Waals surface area contributed by atoms with Crippen molar-refractivity contribution in [1.29, 1.82) is 0 Å². The molecule has 194 valence electrons. The van der Waals surface area contributed by atoms with Gasteiger partial charge in [-0.3, -0.25) is 14.3 Å². The summed E-state index contributed by atoms with van der Waals surface area (Å²) in [7, 11) is 2.86. The molecule has 1 saturated heterocycles. The average Bonchev–Trinajstić information content (AvgIpc) is 3.50. The number of nitrogens with one attached hydrogen (secondary N) is 1. The number of ether oxygens (including phenoxy) is 3. The monoisotopic (exact) mass is 503 g/mol. The van der Waals surface area contributed by atoms with Crippen LogP contribution in [0.25, 0.3) is 11.2 Å². The van der Waals surface area contributed by atoms with Crippen LogP contribution in [0.1, 0.15) is 31.3 Å². The molecule has 2 amide bonds. The van der Waals surface area contributed by atoms with E-state index in [0.717, 1.165) is 12.8 Å². The van der Waals surface area contributed by atoms with Gasteiger partial charge in [-0.15, -0.1) is 0 Å². The number of amides is 2. The Balaban J connectivity index is 1.54. The molecule has 1 aliphatic heterocycles. The number of rotatable bonds is 8. The van der Waals surface area contributed by atoms with Gasteiger partial charge in [0.25, 0.3) is 5.91 Å². The van der Waals surface area contributed by atoms with Gasteiger partial charge in [-0.1, -0.05) is 5.92 Å². The molecule has 3 heterocycles. The highest BCUT2D eigenvalue weighted by Crippen LogP contribution is 2.33. The molecule has 14 heteroatoms. The first-order chi connectivity index (χ1) is 17.3. The number of anilines is 1. The number of hydrogen-bond donors (Lipinski definition) is 4. The molecule has 14 nitrogen and oxygen atoms in total. The van der Waals surface area contributed by atoms with Gasteiger partial charge in [0.05, 0.1) is 20.0 Å². The normalized spacial score (nSPS) is 23.2. The lowest BCUT2D eigenvalue weighted by Gasteiger charge is -2.18. The molecule has 0 radical (unpaired) electrons. The Hall–Kier alpha value is -3.51. The van der Waals surface area contributed by atoms with Crippen molar-refractivity contribution in [2.45, 2.75) is 49.8 Å². The minimum atomic E-state index is -1.44. The predicted octanol–water partition coefficient (Wildman–Crippen LogP) is -1.24. The number of nitrogens with two attached hydrogens (primary N) is 1. The number of imidazole rings is 1. The maximum absolute atomic E-state index is 12.4. The van der Waals surface area contributed by atoms with E-state index in [1.54, 1.807) is 7.11 Å². The van der Waals surface area contributed by atoms with Gasteiger partial charge in [-0.25, -0.2) is 19.7 Å². The zero-order chi connectivity index (χ0) is 25.8. The standard InChI is InChI=1S/C22H29N7O7/c1-34-10-4-9-28(22(33)35-2)8-3-5-13-26-18(23)14-19(27-13)29(11-24-14)21-16(31)15(30)17(36-21)20(32)25-12-6-7-12/h11-12,15-17,21,30-31H,4,6-10H2,1-2H3,(H,25,32)(H2,23,26,27)/t15-,16?,17+,21-/m1/s1. The van der Waals surface area contributed by atoms with Gasteiger partial charge in [0.2, 0.25) is 5.82 Å². The van der Waals surface area contributed by atoms with E-state index in [0.29, 0.717) is 19.6 Å². The SMILES string of the molecule is COCCCN(CC#Cc1nc(N)c2ncn([C@@H]3O[C@H](C(=O)NC4CC4)[C@H](O)C3O)c2n1)C(=O)OC. The Labute approximate surface area is 206 Å². The molecule has 4 rings (SSSR count). The van der Waals surface area contributed by atoms with Crippen LogP contribution in [0.2, 0.25) is 0 Å². The van der Waals surface area contributed by atoms with Crippen LogP contribution in [-0.2, 0) is 19.0 Å². The lowest BCUT2D eigenvalue weighted by atomic mass is 10.1. The predicted molar refractivity (Wildman–Crippen MR) is 124 cm³/mol. The molecular weight excluding hydrogens is 474 g/mol. The van der Waals surface area contributed by atoms with Crippen LogP contribution in [-0.4, -0.2) is 105 Å². The van der Waals surface area contributed by atoms with E-state index in [4.69, 9.17) is 19.9 Å². The first-order valence-electron chi connectivity index (χ1n) is 11.5. The maximum Gasteiger partial charge on any atom is 0.410 e. The van der Waals surface area contributed by atoms with Crippen LogP contribution in [0.15, 0.2) is 6.33 Å². The minimum absolute atomic E-state index is 0.0454. The zero-order valence-corrected chi connectivity index (χ0v) is 20.0. The van der Waals surface area contributed by atoms with E-state index in [-0.39, 0.29) is 35.4 Å². The molecule has 2 aliphatic rings. The molecular formula is C22H29N7O7. The molecule has 1 saturated carbocycles. The second-order valence-corrected chi connectivity index (χ2v) is 8.51. The van der Waals surface area contributed by atoms with Crippen molar-refractivity contribution in [2.24, 2.45) is 0 Å². The lowest BCUT2D eigenvalue weighted by Crippen LogP contribution is -2.43. The third-order valence-electron chi connectivity index (χ3n) is 5.82. The Morgan fingerprint density at radius 3 is 2.78 bits per heavy atom. The van der Waals surface area contributed by atoms with Crippen molar-refractivity contribution in [3.63, 3.8) is 0 Å². The summed E-state index contributed by atoms with van der Waals surface area (Å²) in [4.78, 5) is 38.5. The number of methoxy groups -OCH3 is 2. The van der Waals surface area contributed by atoms with Crippen LogP contribution in [0.5, 0.6) is 0 Å². The van der Waals surface area contributed by atoms with E-state index < -0.39 is 36.5 Å². The fourth-order valence-electron chi connectivity index (χ4n) is 3.78. The minimum Gasteiger partial charge on any atom is -0.453 e. The van der Waals surface area contributed by atoms with Gasteiger partial charge < -0.3 is 35.5 Å². The summed E-state index contributed by atoms with van der Waals surface area (Å²) in [6.45, 7) is 0.929. The molecule has 0 aromatic carbocycles. The summed E-state index contributed by atoms with van der Waals surface area (Å²) in [6.07, 6.45) is -2.07. The quantitative estimate of drug-likeness (QED) is 0.249. The van der Waals surface area contributed by atoms with Crippen LogP contribution < -0.4 is 11.1 Å². The number of aromatic nitrogens is 4. The van der Waals surface area contributed by atoms with Crippen molar-refractivity contribution in [3.8, 4) is 11.8 Å². The first-order valence-corrected chi connectivity index (χ1v) is 11.5. The molecule has 5 N–H and O–H groups in total. The van der Waals surface area contributed by atoms with Gasteiger partial charge in [0, 0.05) is 26.3 Å². The highest BCUT2D eigenvalue weighted by Gasteiger charge is 2.48.